The van der Waals surface area contributed by atoms with E-state index in [1.165, 1.54) is 47.9 Å². The summed E-state index contributed by atoms with van der Waals surface area (Å²) < 4.78 is 0. The van der Waals surface area contributed by atoms with Crippen molar-refractivity contribution in [1.82, 2.24) is 15.2 Å². The number of hydrogen-bond donors (Lipinski definition) is 1. The third kappa shape index (κ3) is 3.07. The highest BCUT2D eigenvalue weighted by molar-refractivity contribution is 7.11. The SMILES string of the molecule is CCC(C)(C(Cc1nc(C)c(C)s1)NC)N1CCCC1. The number of nitrogens with one attached hydrogen (secondary N) is 1. The highest BCUT2D eigenvalue weighted by Gasteiger charge is 2.39. The monoisotopic (exact) mass is 295 g/mol. The number of nitrogens with zero attached hydrogens (tertiary/aromatic N) is 2. The van der Waals surface area contributed by atoms with Crippen LogP contribution >= 0.6 is 11.3 Å². The number of aromatic nitrogens is 1. The van der Waals surface area contributed by atoms with Crippen LogP contribution in [0.15, 0.2) is 0 Å². The summed E-state index contributed by atoms with van der Waals surface area (Å²) in [5.74, 6) is 0. The van der Waals surface area contributed by atoms with Gasteiger partial charge in [0.15, 0.2) is 0 Å². The van der Waals surface area contributed by atoms with E-state index >= 15 is 0 Å². The molecule has 2 atom stereocenters. The molecule has 2 heterocycles. The van der Waals surface area contributed by atoms with E-state index in [0.717, 1.165) is 6.42 Å². The van der Waals surface area contributed by atoms with Crippen molar-refractivity contribution in [2.45, 2.75) is 65.0 Å². The van der Waals surface area contributed by atoms with Gasteiger partial charge in [-0.3, -0.25) is 4.90 Å². The van der Waals surface area contributed by atoms with Crippen molar-refractivity contribution >= 4 is 11.3 Å². The fourth-order valence-electron chi connectivity index (χ4n) is 3.35. The van der Waals surface area contributed by atoms with Crippen LogP contribution in [0.25, 0.3) is 0 Å². The van der Waals surface area contributed by atoms with Crippen molar-refractivity contribution in [1.29, 1.82) is 0 Å². The first-order valence-corrected chi connectivity index (χ1v) is 8.68. The number of rotatable bonds is 6. The molecule has 1 aromatic heterocycles. The Labute approximate surface area is 127 Å². The van der Waals surface area contributed by atoms with E-state index in [4.69, 9.17) is 4.98 Å². The number of aryl methyl sites for hydroxylation is 2. The largest absolute Gasteiger partial charge is 0.315 e. The first kappa shape index (κ1) is 15.9. The Kier molecular flexibility index (Phi) is 5.21. The predicted octanol–water partition coefficient (Wildman–Crippen LogP) is 3.15. The predicted molar refractivity (Wildman–Crippen MR) is 87.6 cm³/mol. The molecule has 0 spiro atoms. The topological polar surface area (TPSA) is 28.2 Å². The molecule has 114 valence electrons. The van der Waals surface area contributed by atoms with Crippen molar-refractivity contribution in [2.75, 3.05) is 20.1 Å². The molecule has 1 saturated heterocycles. The lowest BCUT2D eigenvalue weighted by Gasteiger charge is -2.44. The normalized spacial score (nSPS) is 21.1. The smallest absolute Gasteiger partial charge is 0.0947 e. The van der Waals surface area contributed by atoms with Crippen molar-refractivity contribution < 1.29 is 0 Å². The van der Waals surface area contributed by atoms with Crippen molar-refractivity contribution in [2.24, 2.45) is 0 Å². The van der Waals surface area contributed by atoms with Gasteiger partial charge in [-0.15, -0.1) is 11.3 Å². The quantitative estimate of drug-likeness (QED) is 0.874. The van der Waals surface area contributed by atoms with Crippen LogP contribution in [0.3, 0.4) is 0 Å². The molecule has 4 heteroatoms. The summed E-state index contributed by atoms with van der Waals surface area (Å²) in [5.41, 5.74) is 1.43. The zero-order chi connectivity index (χ0) is 14.8. The molecule has 0 aliphatic carbocycles. The van der Waals surface area contributed by atoms with Gasteiger partial charge in [0.25, 0.3) is 0 Å². The highest BCUT2D eigenvalue weighted by Crippen LogP contribution is 2.30. The Morgan fingerprint density at radius 3 is 2.45 bits per heavy atom. The highest BCUT2D eigenvalue weighted by atomic mass is 32.1. The molecule has 1 aliphatic heterocycles. The molecule has 0 saturated carbocycles. The third-order valence-corrected chi connectivity index (χ3v) is 6.19. The summed E-state index contributed by atoms with van der Waals surface area (Å²) in [4.78, 5) is 8.77. The van der Waals surface area contributed by atoms with Gasteiger partial charge < -0.3 is 5.32 Å². The fraction of sp³-hybridized carbons (Fsp3) is 0.812. The van der Waals surface area contributed by atoms with Crippen LogP contribution in [0.2, 0.25) is 0 Å². The van der Waals surface area contributed by atoms with Crippen LogP contribution in [-0.4, -0.2) is 41.6 Å². The number of thiazole rings is 1. The van der Waals surface area contributed by atoms with Crippen LogP contribution in [-0.2, 0) is 6.42 Å². The van der Waals surface area contributed by atoms with E-state index in [1.807, 2.05) is 11.3 Å². The second kappa shape index (κ2) is 6.54. The van der Waals surface area contributed by atoms with E-state index in [1.54, 1.807) is 0 Å². The summed E-state index contributed by atoms with van der Waals surface area (Å²) >= 11 is 1.86. The Hall–Kier alpha value is -0.450. The van der Waals surface area contributed by atoms with Crippen LogP contribution in [0.5, 0.6) is 0 Å². The molecule has 2 unspecified atom stereocenters. The molecule has 20 heavy (non-hydrogen) atoms. The van der Waals surface area contributed by atoms with E-state index < -0.39 is 0 Å². The van der Waals surface area contributed by atoms with Gasteiger partial charge in [-0.25, -0.2) is 4.98 Å². The van der Waals surface area contributed by atoms with Crippen LogP contribution in [0.4, 0.5) is 0 Å². The number of likely N-dealkylation sites (tertiary alicyclic amines) is 1. The average Bonchev–Trinajstić information content (AvgIpc) is 3.06. The molecule has 0 radical (unpaired) electrons. The number of likely N-dealkylation sites (N-methyl/N-ethyl adjacent to an activating group) is 1. The van der Waals surface area contributed by atoms with Gasteiger partial charge >= 0.3 is 0 Å². The van der Waals surface area contributed by atoms with Gasteiger partial charge in [0, 0.05) is 22.9 Å². The summed E-state index contributed by atoms with van der Waals surface area (Å²) in [6.45, 7) is 11.5. The Balaban J connectivity index is 2.16. The molecule has 1 aromatic rings. The first-order valence-electron chi connectivity index (χ1n) is 7.86. The molecule has 2 rings (SSSR count). The lowest BCUT2D eigenvalue weighted by molar-refractivity contribution is 0.0873. The van der Waals surface area contributed by atoms with E-state index in [9.17, 15) is 0 Å². The summed E-state index contributed by atoms with van der Waals surface area (Å²) in [6, 6.07) is 0.468. The minimum Gasteiger partial charge on any atom is -0.315 e. The summed E-state index contributed by atoms with van der Waals surface area (Å²) in [6.07, 6.45) is 4.92. The number of hydrogen-bond acceptors (Lipinski definition) is 4. The standard InChI is InChI=1S/C16H29N3S/c1-6-16(4,19-9-7-8-10-19)14(17-5)11-15-18-12(2)13(3)20-15/h14,17H,6-11H2,1-5H3. The van der Waals surface area contributed by atoms with Gasteiger partial charge in [-0.1, -0.05) is 6.92 Å². The molecular formula is C16H29N3S. The van der Waals surface area contributed by atoms with E-state index in [-0.39, 0.29) is 5.54 Å². The second-order valence-corrected chi connectivity index (χ2v) is 7.49. The molecule has 3 nitrogen and oxygen atoms in total. The van der Waals surface area contributed by atoms with Gasteiger partial charge in [0.1, 0.15) is 0 Å². The lowest BCUT2D eigenvalue weighted by Crippen LogP contribution is -2.58. The Bertz CT molecular complexity index is 417. The van der Waals surface area contributed by atoms with Crippen molar-refractivity contribution in [3.05, 3.63) is 15.6 Å². The molecular weight excluding hydrogens is 266 g/mol. The van der Waals surface area contributed by atoms with E-state index in [0.29, 0.717) is 6.04 Å². The molecule has 0 aromatic carbocycles. The first-order chi connectivity index (χ1) is 9.51. The van der Waals surface area contributed by atoms with Crippen molar-refractivity contribution in [3.63, 3.8) is 0 Å². The molecule has 0 bridgehead atoms. The zero-order valence-corrected chi connectivity index (χ0v) is 14.4. The maximum Gasteiger partial charge on any atom is 0.0947 e. The molecule has 0 amide bonds. The van der Waals surface area contributed by atoms with E-state index in [2.05, 4.69) is 45.0 Å². The van der Waals surface area contributed by atoms with Crippen molar-refractivity contribution in [3.8, 4) is 0 Å². The second-order valence-electron chi connectivity index (χ2n) is 6.20. The lowest BCUT2D eigenvalue weighted by atomic mass is 9.85. The maximum atomic E-state index is 4.73. The average molecular weight is 295 g/mol. The third-order valence-electron chi connectivity index (χ3n) is 5.09. The van der Waals surface area contributed by atoms with Crippen LogP contribution < -0.4 is 5.32 Å². The summed E-state index contributed by atoms with van der Waals surface area (Å²) in [5, 5.41) is 4.85. The molecule has 1 aliphatic rings. The Morgan fingerprint density at radius 2 is 2.00 bits per heavy atom. The maximum absolute atomic E-state index is 4.73. The van der Waals surface area contributed by atoms with Gasteiger partial charge in [0.2, 0.25) is 0 Å². The fourth-order valence-corrected chi connectivity index (χ4v) is 4.33. The molecule has 1 fully saturated rings. The summed E-state index contributed by atoms with van der Waals surface area (Å²) in [7, 11) is 2.10. The Morgan fingerprint density at radius 1 is 1.35 bits per heavy atom. The zero-order valence-electron chi connectivity index (χ0n) is 13.6. The molecule has 1 N–H and O–H groups in total. The van der Waals surface area contributed by atoms with Crippen LogP contribution in [0.1, 0.15) is 48.7 Å². The van der Waals surface area contributed by atoms with Gasteiger partial charge in [-0.05, 0) is 60.2 Å². The van der Waals surface area contributed by atoms with Crippen LogP contribution in [0, 0.1) is 13.8 Å². The minimum absolute atomic E-state index is 0.235. The van der Waals surface area contributed by atoms with Gasteiger partial charge in [0.05, 0.1) is 10.7 Å². The minimum atomic E-state index is 0.235. The van der Waals surface area contributed by atoms with Gasteiger partial charge in [-0.2, -0.15) is 0 Å².